The van der Waals surface area contributed by atoms with Gasteiger partial charge < -0.3 is 4.74 Å². The average molecular weight is 353 g/mol. The zero-order valence-corrected chi connectivity index (χ0v) is 15.0. The van der Waals surface area contributed by atoms with E-state index in [-0.39, 0.29) is 5.91 Å². The van der Waals surface area contributed by atoms with Gasteiger partial charge in [-0.15, -0.1) is 10.2 Å². The number of benzene rings is 2. The Hall–Kier alpha value is -2.73. The molecule has 1 amide bonds. The Morgan fingerprint density at radius 3 is 2.32 bits per heavy atom. The minimum atomic E-state index is -0.182. The molecule has 0 radical (unpaired) electrons. The Morgan fingerprint density at radius 1 is 1.00 bits per heavy atom. The monoisotopic (exact) mass is 353 g/mol. The van der Waals surface area contributed by atoms with E-state index in [0.717, 1.165) is 16.3 Å². The number of ether oxygens (including phenoxy) is 1. The van der Waals surface area contributed by atoms with Gasteiger partial charge in [-0.2, -0.15) is 0 Å². The number of carbonyl (C=O) groups excluding carboxylic acids is 1. The van der Waals surface area contributed by atoms with Crippen molar-refractivity contribution in [2.24, 2.45) is 0 Å². The zero-order valence-electron chi connectivity index (χ0n) is 14.2. The van der Waals surface area contributed by atoms with Crippen LogP contribution in [0, 0.1) is 13.8 Å². The highest BCUT2D eigenvalue weighted by atomic mass is 32.1. The van der Waals surface area contributed by atoms with Crippen molar-refractivity contribution in [3.05, 3.63) is 70.2 Å². The molecule has 0 saturated heterocycles. The summed E-state index contributed by atoms with van der Waals surface area (Å²) >= 11 is 1.36. The summed E-state index contributed by atoms with van der Waals surface area (Å²) < 4.78 is 5.69. The summed E-state index contributed by atoms with van der Waals surface area (Å²) in [5.41, 5.74) is 2.92. The van der Waals surface area contributed by atoms with Gasteiger partial charge in [0.15, 0.2) is 0 Å². The summed E-state index contributed by atoms with van der Waals surface area (Å²) in [6.07, 6.45) is 0.645. The summed E-state index contributed by atoms with van der Waals surface area (Å²) in [5, 5.41) is 12.2. The van der Waals surface area contributed by atoms with Crippen LogP contribution in [0.15, 0.2) is 48.5 Å². The lowest BCUT2D eigenvalue weighted by molar-refractivity contribution is 0.102. The maximum atomic E-state index is 12.2. The molecule has 0 atom stereocenters. The van der Waals surface area contributed by atoms with E-state index in [2.05, 4.69) is 15.5 Å². The highest BCUT2D eigenvalue weighted by molar-refractivity contribution is 7.15. The fraction of sp³-hybridized carbons (Fsp3) is 0.211. The maximum Gasteiger partial charge on any atom is 0.257 e. The van der Waals surface area contributed by atoms with Crippen LogP contribution in [0.4, 0.5) is 5.13 Å². The quantitative estimate of drug-likeness (QED) is 0.727. The van der Waals surface area contributed by atoms with Gasteiger partial charge in [0.05, 0.1) is 6.61 Å². The first kappa shape index (κ1) is 17.1. The minimum Gasteiger partial charge on any atom is -0.493 e. The lowest BCUT2D eigenvalue weighted by atomic mass is 10.1. The number of hydrogen-bond donors (Lipinski definition) is 1. The zero-order chi connectivity index (χ0) is 17.6. The largest absolute Gasteiger partial charge is 0.493 e. The first-order valence-corrected chi connectivity index (χ1v) is 8.82. The van der Waals surface area contributed by atoms with Crippen molar-refractivity contribution >= 4 is 22.4 Å². The van der Waals surface area contributed by atoms with Crippen LogP contribution in [0.3, 0.4) is 0 Å². The molecule has 3 aromatic rings. The van der Waals surface area contributed by atoms with E-state index in [4.69, 9.17) is 4.74 Å². The number of anilines is 1. The number of carbonyl (C=O) groups is 1. The number of nitrogens with one attached hydrogen (secondary N) is 1. The Labute approximate surface area is 150 Å². The fourth-order valence-electron chi connectivity index (χ4n) is 2.17. The Morgan fingerprint density at radius 2 is 1.64 bits per heavy atom. The van der Waals surface area contributed by atoms with E-state index in [1.165, 1.54) is 16.9 Å². The molecule has 3 rings (SSSR count). The van der Waals surface area contributed by atoms with Gasteiger partial charge in [-0.3, -0.25) is 10.1 Å². The summed E-state index contributed by atoms with van der Waals surface area (Å²) in [6, 6.07) is 15.3. The molecule has 0 saturated carbocycles. The number of aromatic nitrogens is 2. The van der Waals surface area contributed by atoms with Crippen molar-refractivity contribution in [2.45, 2.75) is 20.3 Å². The Kier molecular flexibility index (Phi) is 5.40. The van der Waals surface area contributed by atoms with Gasteiger partial charge in [0.2, 0.25) is 5.13 Å². The minimum absolute atomic E-state index is 0.182. The molecule has 1 aromatic heterocycles. The molecule has 5 nitrogen and oxygen atoms in total. The van der Waals surface area contributed by atoms with Crippen LogP contribution in [-0.4, -0.2) is 22.7 Å². The van der Waals surface area contributed by atoms with Crippen LogP contribution in [0.1, 0.15) is 26.5 Å². The highest BCUT2D eigenvalue weighted by Crippen LogP contribution is 2.18. The van der Waals surface area contributed by atoms with Crippen LogP contribution in [0.5, 0.6) is 5.75 Å². The molecule has 0 aliphatic heterocycles. The number of hydrogen-bond acceptors (Lipinski definition) is 5. The summed E-state index contributed by atoms with van der Waals surface area (Å²) in [5.74, 6) is 0.654. The second-order valence-corrected chi connectivity index (χ2v) is 6.79. The van der Waals surface area contributed by atoms with Gasteiger partial charge >= 0.3 is 0 Å². The SMILES string of the molecule is Cc1ccc(OCCc2nnc(NC(=O)c3ccc(C)cc3)s2)cc1. The molecular weight excluding hydrogens is 334 g/mol. The molecule has 1 N–H and O–H groups in total. The van der Waals surface area contributed by atoms with Crippen LogP contribution in [-0.2, 0) is 6.42 Å². The van der Waals surface area contributed by atoms with E-state index >= 15 is 0 Å². The van der Waals surface area contributed by atoms with Crippen LogP contribution >= 0.6 is 11.3 Å². The smallest absolute Gasteiger partial charge is 0.257 e. The molecule has 0 aliphatic rings. The van der Waals surface area contributed by atoms with E-state index in [9.17, 15) is 4.79 Å². The van der Waals surface area contributed by atoms with Crippen LogP contribution < -0.4 is 10.1 Å². The third-order valence-corrected chi connectivity index (χ3v) is 4.51. The van der Waals surface area contributed by atoms with Crippen molar-refractivity contribution in [3.63, 3.8) is 0 Å². The molecule has 6 heteroatoms. The molecule has 0 spiro atoms. The summed E-state index contributed by atoms with van der Waals surface area (Å²) in [6.45, 7) is 4.54. The molecule has 0 bridgehead atoms. The van der Waals surface area contributed by atoms with E-state index in [0.29, 0.717) is 23.7 Å². The third kappa shape index (κ3) is 4.87. The van der Waals surface area contributed by atoms with Gasteiger partial charge in [0.25, 0.3) is 5.91 Å². The molecule has 128 valence electrons. The summed E-state index contributed by atoms with van der Waals surface area (Å²) in [7, 11) is 0. The molecule has 2 aromatic carbocycles. The van der Waals surface area contributed by atoms with Crippen molar-refractivity contribution in [1.82, 2.24) is 10.2 Å². The number of aryl methyl sites for hydroxylation is 2. The van der Waals surface area contributed by atoms with Gasteiger partial charge in [0, 0.05) is 12.0 Å². The van der Waals surface area contributed by atoms with Gasteiger partial charge in [-0.25, -0.2) is 0 Å². The fourth-order valence-corrected chi connectivity index (χ4v) is 2.89. The molecular formula is C19H19N3O2S. The number of amides is 1. The lowest BCUT2D eigenvalue weighted by Crippen LogP contribution is -2.11. The molecule has 0 aliphatic carbocycles. The first-order chi connectivity index (χ1) is 12.1. The molecule has 0 fully saturated rings. The lowest BCUT2D eigenvalue weighted by Gasteiger charge is -2.04. The molecule has 1 heterocycles. The predicted molar refractivity (Wildman–Crippen MR) is 99.4 cm³/mol. The standard InChI is InChI=1S/C19H19N3O2S/c1-13-3-7-15(8-4-13)18(23)20-19-22-21-17(25-19)11-12-24-16-9-5-14(2)6-10-16/h3-10H,11-12H2,1-2H3,(H,20,22,23). The van der Waals surface area contributed by atoms with Gasteiger partial charge in [-0.1, -0.05) is 46.7 Å². The number of nitrogens with zero attached hydrogens (tertiary/aromatic N) is 2. The second-order valence-electron chi connectivity index (χ2n) is 5.73. The third-order valence-electron chi connectivity index (χ3n) is 3.61. The first-order valence-electron chi connectivity index (χ1n) is 8.00. The van der Waals surface area contributed by atoms with Gasteiger partial charge in [0.1, 0.15) is 10.8 Å². The highest BCUT2D eigenvalue weighted by Gasteiger charge is 2.10. The molecule has 0 unspecified atom stereocenters. The van der Waals surface area contributed by atoms with E-state index in [1.54, 1.807) is 12.1 Å². The van der Waals surface area contributed by atoms with Crippen molar-refractivity contribution in [3.8, 4) is 5.75 Å². The topological polar surface area (TPSA) is 64.1 Å². The van der Waals surface area contributed by atoms with E-state index in [1.807, 2.05) is 50.2 Å². The maximum absolute atomic E-state index is 12.2. The summed E-state index contributed by atoms with van der Waals surface area (Å²) in [4.78, 5) is 12.2. The van der Waals surface area contributed by atoms with Crippen molar-refractivity contribution in [1.29, 1.82) is 0 Å². The Bertz CT molecular complexity index is 842. The Balaban J connectivity index is 1.51. The van der Waals surface area contributed by atoms with Gasteiger partial charge in [-0.05, 0) is 38.1 Å². The van der Waals surface area contributed by atoms with E-state index < -0.39 is 0 Å². The van der Waals surface area contributed by atoms with Crippen LogP contribution in [0.2, 0.25) is 0 Å². The number of rotatable bonds is 6. The molecule has 25 heavy (non-hydrogen) atoms. The predicted octanol–water partition coefficient (Wildman–Crippen LogP) is 4.03. The average Bonchev–Trinajstić information content (AvgIpc) is 3.04. The van der Waals surface area contributed by atoms with Crippen molar-refractivity contribution in [2.75, 3.05) is 11.9 Å². The van der Waals surface area contributed by atoms with Crippen molar-refractivity contribution < 1.29 is 9.53 Å². The second kappa shape index (κ2) is 7.90. The van der Waals surface area contributed by atoms with Crippen LogP contribution in [0.25, 0.3) is 0 Å². The normalized spacial score (nSPS) is 10.5.